The van der Waals surface area contributed by atoms with Crippen LogP contribution in [-0.2, 0) is 6.42 Å². The van der Waals surface area contributed by atoms with E-state index in [2.05, 4.69) is 58.6 Å². The van der Waals surface area contributed by atoms with E-state index >= 15 is 0 Å². The summed E-state index contributed by atoms with van der Waals surface area (Å²) in [6.45, 7) is 0.523. The Hall–Kier alpha value is -2.22. The average Bonchev–Trinajstić information content (AvgIpc) is 2.60. The van der Waals surface area contributed by atoms with Crippen molar-refractivity contribution in [1.82, 2.24) is 10.6 Å². The van der Waals surface area contributed by atoms with Crippen LogP contribution in [0.25, 0.3) is 0 Å². The number of rotatable bonds is 6. The molecule has 0 aliphatic heterocycles. The second-order valence-electron chi connectivity index (χ2n) is 5.18. The van der Waals surface area contributed by atoms with Crippen LogP contribution in [0.3, 0.4) is 0 Å². The standard InChI is InChI=1S/C17H20N2OS.CH4N2S/c20-12-11-18-17(21)19-16(15-9-5-2-6-10-15)13-14-7-3-1-4-8-14;2-1(3)4/h1-10,16,20H,11-13H2,(H2,18,19,21);(H4,2,3,4). The normalized spacial score (nSPS) is 10.8. The van der Waals surface area contributed by atoms with E-state index in [9.17, 15) is 0 Å². The van der Waals surface area contributed by atoms with Gasteiger partial charge in [0.05, 0.1) is 12.6 Å². The summed E-state index contributed by atoms with van der Waals surface area (Å²) in [6, 6.07) is 20.7. The fourth-order valence-corrected chi connectivity index (χ4v) is 2.41. The first kappa shape index (κ1) is 20.8. The summed E-state index contributed by atoms with van der Waals surface area (Å²) in [5.41, 5.74) is 11.7. The van der Waals surface area contributed by atoms with Gasteiger partial charge in [0.25, 0.3) is 0 Å². The summed E-state index contributed by atoms with van der Waals surface area (Å²) in [5.74, 6) is 0. The van der Waals surface area contributed by atoms with Crippen LogP contribution in [0.2, 0.25) is 0 Å². The molecule has 1 unspecified atom stereocenters. The van der Waals surface area contributed by atoms with E-state index in [1.807, 2.05) is 36.4 Å². The van der Waals surface area contributed by atoms with Gasteiger partial charge in [-0.05, 0) is 42.0 Å². The lowest BCUT2D eigenvalue weighted by molar-refractivity contribution is 0.300. The minimum Gasteiger partial charge on any atom is -0.395 e. The molecule has 0 aliphatic rings. The molecule has 25 heavy (non-hydrogen) atoms. The topological polar surface area (TPSA) is 96.3 Å². The average molecular weight is 377 g/mol. The molecule has 7 heteroatoms. The molecular weight excluding hydrogens is 352 g/mol. The minimum absolute atomic E-state index is 0.000000000000000222. The molecule has 0 radical (unpaired) electrons. The van der Waals surface area contributed by atoms with Crippen LogP contribution in [0.5, 0.6) is 0 Å². The number of nitrogens with one attached hydrogen (secondary N) is 2. The quantitative estimate of drug-likeness (QED) is 0.489. The fraction of sp³-hybridized carbons (Fsp3) is 0.222. The van der Waals surface area contributed by atoms with Crippen molar-refractivity contribution >= 4 is 34.7 Å². The second kappa shape index (κ2) is 12.2. The van der Waals surface area contributed by atoms with Gasteiger partial charge < -0.3 is 27.2 Å². The molecule has 0 saturated heterocycles. The Bertz CT molecular complexity index is 634. The number of benzene rings is 2. The number of hydrogen-bond donors (Lipinski definition) is 5. The summed E-state index contributed by atoms with van der Waals surface area (Å²) in [6.07, 6.45) is 0.853. The van der Waals surface area contributed by atoms with E-state index in [1.54, 1.807) is 0 Å². The van der Waals surface area contributed by atoms with Crippen molar-refractivity contribution < 1.29 is 5.11 Å². The van der Waals surface area contributed by atoms with E-state index in [0.717, 1.165) is 6.42 Å². The molecular formula is C18H24N4OS2. The van der Waals surface area contributed by atoms with Crippen LogP contribution in [0, 0.1) is 0 Å². The molecule has 2 rings (SSSR count). The summed E-state index contributed by atoms with van der Waals surface area (Å²) in [5, 5.41) is 15.7. The van der Waals surface area contributed by atoms with Crippen LogP contribution in [0.4, 0.5) is 0 Å². The monoisotopic (exact) mass is 376 g/mol. The van der Waals surface area contributed by atoms with Gasteiger partial charge in [-0.1, -0.05) is 60.7 Å². The van der Waals surface area contributed by atoms with Crippen LogP contribution in [0.1, 0.15) is 17.2 Å². The van der Waals surface area contributed by atoms with Gasteiger partial charge in [-0.15, -0.1) is 0 Å². The fourth-order valence-electron chi connectivity index (χ4n) is 2.17. The lowest BCUT2D eigenvalue weighted by Gasteiger charge is -2.21. The molecule has 2 aromatic carbocycles. The maximum absolute atomic E-state index is 8.85. The van der Waals surface area contributed by atoms with Crippen molar-refractivity contribution in [2.45, 2.75) is 12.5 Å². The summed E-state index contributed by atoms with van der Waals surface area (Å²) >= 11 is 9.37. The zero-order valence-electron chi connectivity index (χ0n) is 13.9. The Morgan fingerprint density at radius 2 is 1.48 bits per heavy atom. The van der Waals surface area contributed by atoms with Crippen LogP contribution >= 0.6 is 24.4 Å². The van der Waals surface area contributed by atoms with E-state index in [1.165, 1.54) is 11.1 Å². The van der Waals surface area contributed by atoms with Gasteiger partial charge in [0.2, 0.25) is 0 Å². The maximum Gasteiger partial charge on any atom is 0.166 e. The van der Waals surface area contributed by atoms with Gasteiger partial charge in [0.15, 0.2) is 10.2 Å². The predicted octanol–water partition coefficient (Wildman–Crippen LogP) is 1.62. The molecule has 0 heterocycles. The van der Waals surface area contributed by atoms with Gasteiger partial charge in [-0.2, -0.15) is 0 Å². The highest BCUT2D eigenvalue weighted by Crippen LogP contribution is 2.18. The van der Waals surface area contributed by atoms with Gasteiger partial charge >= 0.3 is 0 Å². The summed E-state index contributed by atoms with van der Waals surface area (Å²) in [4.78, 5) is 0. The Balaban J connectivity index is 0.000000705. The molecule has 7 N–H and O–H groups in total. The highest BCUT2D eigenvalue weighted by molar-refractivity contribution is 7.80. The van der Waals surface area contributed by atoms with Gasteiger partial charge in [-0.25, -0.2) is 0 Å². The Labute approximate surface area is 159 Å². The lowest BCUT2D eigenvalue weighted by Crippen LogP contribution is -2.39. The Morgan fingerprint density at radius 3 is 2.00 bits per heavy atom. The molecule has 0 amide bonds. The maximum atomic E-state index is 8.85. The van der Waals surface area contributed by atoms with E-state index < -0.39 is 0 Å². The zero-order valence-corrected chi connectivity index (χ0v) is 15.5. The lowest BCUT2D eigenvalue weighted by atomic mass is 9.99. The molecule has 0 fully saturated rings. The highest BCUT2D eigenvalue weighted by Gasteiger charge is 2.13. The molecule has 0 spiro atoms. The van der Waals surface area contributed by atoms with Crippen molar-refractivity contribution in [1.29, 1.82) is 0 Å². The van der Waals surface area contributed by atoms with Gasteiger partial charge in [-0.3, -0.25) is 0 Å². The molecule has 134 valence electrons. The van der Waals surface area contributed by atoms with Crippen molar-refractivity contribution in [2.24, 2.45) is 11.5 Å². The SMILES string of the molecule is NC(N)=S.OCCNC(=S)NC(Cc1ccccc1)c1ccccc1. The van der Waals surface area contributed by atoms with E-state index in [-0.39, 0.29) is 17.8 Å². The number of aliphatic hydroxyl groups is 1. The third kappa shape index (κ3) is 9.61. The van der Waals surface area contributed by atoms with E-state index in [4.69, 9.17) is 17.3 Å². The molecule has 5 nitrogen and oxygen atoms in total. The molecule has 0 aromatic heterocycles. The molecule has 0 bridgehead atoms. The van der Waals surface area contributed by atoms with Crippen molar-refractivity contribution in [2.75, 3.05) is 13.2 Å². The largest absolute Gasteiger partial charge is 0.395 e. The first-order valence-corrected chi connectivity index (χ1v) is 8.63. The summed E-state index contributed by atoms with van der Waals surface area (Å²) < 4.78 is 0. The molecule has 0 aliphatic carbocycles. The van der Waals surface area contributed by atoms with Crippen LogP contribution < -0.4 is 22.1 Å². The smallest absolute Gasteiger partial charge is 0.166 e. The highest BCUT2D eigenvalue weighted by atomic mass is 32.1. The van der Waals surface area contributed by atoms with Crippen LogP contribution in [-0.4, -0.2) is 28.5 Å². The molecule has 1 atom stereocenters. The van der Waals surface area contributed by atoms with Crippen molar-refractivity contribution in [3.05, 3.63) is 71.8 Å². The number of thiocarbonyl (C=S) groups is 2. The predicted molar refractivity (Wildman–Crippen MR) is 111 cm³/mol. The molecule has 2 aromatic rings. The van der Waals surface area contributed by atoms with E-state index in [0.29, 0.717) is 11.7 Å². The minimum atomic E-state index is 0.000000000000000222. The third-order valence-electron chi connectivity index (χ3n) is 3.19. The Morgan fingerprint density at radius 1 is 0.960 bits per heavy atom. The first-order chi connectivity index (χ1) is 12.0. The number of aliphatic hydroxyl groups excluding tert-OH is 1. The molecule has 0 saturated carbocycles. The van der Waals surface area contributed by atoms with Crippen LogP contribution in [0.15, 0.2) is 60.7 Å². The number of nitrogens with two attached hydrogens (primary N) is 2. The number of hydrogen-bond acceptors (Lipinski definition) is 3. The second-order valence-corrected chi connectivity index (χ2v) is 6.06. The van der Waals surface area contributed by atoms with Crippen molar-refractivity contribution in [3.8, 4) is 0 Å². The summed E-state index contributed by atoms with van der Waals surface area (Å²) in [7, 11) is 0. The zero-order chi connectivity index (χ0) is 18.5. The third-order valence-corrected chi connectivity index (χ3v) is 3.45. The van der Waals surface area contributed by atoms with Crippen molar-refractivity contribution in [3.63, 3.8) is 0 Å². The van der Waals surface area contributed by atoms with Gasteiger partial charge in [0.1, 0.15) is 0 Å². The first-order valence-electron chi connectivity index (χ1n) is 7.82. The Kier molecular flexibility index (Phi) is 10.2. The van der Waals surface area contributed by atoms with Gasteiger partial charge in [0, 0.05) is 6.54 Å².